The van der Waals surface area contributed by atoms with Gasteiger partial charge in [-0.3, -0.25) is 15.5 Å². The number of aryl methyl sites for hydroxylation is 2. The lowest BCUT2D eigenvalue weighted by molar-refractivity contribution is -0.384. The second-order valence-corrected chi connectivity index (χ2v) is 4.52. The van der Waals surface area contributed by atoms with E-state index in [1.165, 1.54) is 23.3 Å². The van der Waals surface area contributed by atoms with E-state index in [9.17, 15) is 10.1 Å². The molecule has 0 aliphatic rings. The minimum absolute atomic E-state index is 0.0734. The molecular weight excluding hydrogens is 254 g/mol. The van der Waals surface area contributed by atoms with Crippen LogP contribution in [0.4, 0.5) is 11.4 Å². The van der Waals surface area contributed by atoms with E-state index in [4.69, 9.17) is 0 Å². The third-order valence-corrected chi connectivity index (χ3v) is 3.02. The Labute approximate surface area is 117 Å². The van der Waals surface area contributed by atoms with Gasteiger partial charge in [0.25, 0.3) is 5.69 Å². The zero-order valence-electron chi connectivity index (χ0n) is 11.3. The van der Waals surface area contributed by atoms with Gasteiger partial charge in [-0.05, 0) is 54.8 Å². The lowest BCUT2D eigenvalue weighted by Gasteiger charge is -2.03. The van der Waals surface area contributed by atoms with Crippen LogP contribution in [0.15, 0.2) is 47.6 Å². The van der Waals surface area contributed by atoms with E-state index in [0.717, 1.165) is 11.3 Å². The topological polar surface area (TPSA) is 67.5 Å². The van der Waals surface area contributed by atoms with Gasteiger partial charge in [0.1, 0.15) is 0 Å². The summed E-state index contributed by atoms with van der Waals surface area (Å²) in [7, 11) is 0. The van der Waals surface area contributed by atoms with Crippen LogP contribution >= 0.6 is 0 Å². The third kappa shape index (κ3) is 3.41. The van der Waals surface area contributed by atoms with E-state index >= 15 is 0 Å². The van der Waals surface area contributed by atoms with Crippen LogP contribution in [0, 0.1) is 24.0 Å². The number of benzene rings is 2. The summed E-state index contributed by atoms with van der Waals surface area (Å²) in [5.41, 5.74) is 7.14. The van der Waals surface area contributed by atoms with Crippen LogP contribution in [-0.4, -0.2) is 11.1 Å². The summed E-state index contributed by atoms with van der Waals surface area (Å²) in [6, 6.07) is 12.2. The molecule has 0 saturated heterocycles. The van der Waals surface area contributed by atoms with Crippen molar-refractivity contribution >= 4 is 17.6 Å². The Balaban J connectivity index is 2.02. The first kappa shape index (κ1) is 13.7. The second-order valence-electron chi connectivity index (χ2n) is 4.52. The number of nitro benzene ring substituents is 1. The molecule has 20 heavy (non-hydrogen) atoms. The first-order valence-corrected chi connectivity index (χ1v) is 6.17. The van der Waals surface area contributed by atoms with Crippen LogP contribution in [-0.2, 0) is 0 Å². The highest BCUT2D eigenvalue weighted by molar-refractivity contribution is 5.80. The first-order valence-electron chi connectivity index (χ1n) is 6.17. The van der Waals surface area contributed by atoms with Crippen molar-refractivity contribution in [2.24, 2.45) is 5.10 Å². The molecule has 5 heteroatoms. The van der Waals surface area contributed by atoms with Crippen LogP contribution in [0.25, 0.3) is 0 Å². The Morgan fingerprint density at radius 1 is 1.10 bits per heavy atom. The van der Waals surface area contributed by atoms with Crippen molar-refractivity contribution < 1.29 is 4.92 Å². The van der Waals surface area contributed by atoms with Crippen molar-refractivity contribution in [3.05, 3.63) is 69.3 Å². The summed E-state index contributed by atoms with van der Waals surface area (Å²) in [6.45, 7) is 4.10. The molecule has 0 atom stereocenters. The first-order chi connectivity index (χ1) is 9.56. The number of rotatable bonds is 4. The summed E-state index contributed by atoms with van der Waals surface area (Å²) in [5, 5.41) is 14.6. The van der Waals surface area contributed by atoms with E-state index in [1.807, 2.05) is 25.1 Å². The normalized spacial score (nSPS) is 10.7. The maximum absolute atomic E-state index is 10.5. The van der Waals surface area contributed by atoms with Gasteiger partial charge in [-0.25, -0.2) is 0 Å². The zero-order valence-corrected chi connectivity index (χ0v) is 11.3. The quantitative estimate of drug-likeness (QED) is 0.523. The SMILES string of the molecule is Cc1ccc(N/N=C/c2ccc([N+](=O)[O-])cc2)cc1C. The molecule has 0 radical (unpaired) electrons. The van der Waals surface area contributed by atoms with Crippen molar-refractivity contribution in [1.82, 2.24) is 0 Å². The highest BCUT2D eigenvalue weighted by Gasteiger charge is 2.02. The van der Waals surface area contributed by atoms with Gasteiger partial charge >= 0.3 is 0 Å². The van der Waals surface area contributed by atoms with Gasteiger partial charge in [0.2, 0.25) is 0 Å². The average Bonchev–Trinajstić information content (AvgIpc) is 2.43. The molecule has 102 valence electrons. The van der Waals surface area contributed by atoms with Crippen LogP contribution in [0.5, 0.6) is 0 Å². The molecule has 0 spiro atoms. The van der Waals surface area contributed by atoms with Crippen LogP contribution in [0.1, 0.15) is 16.7 Å². The number of hydrogen-bond acceptors (Lipinski definition) is 4. The van der Waals surface area contributed by atoms with E-state index in [1.54, 1.807) is 18.3 Å². The van der Waals surface area contributed by atoms with Gasteiger partial charge in [0.05, 0.1) is 16.8 Å². The van der Waals surface area contributed by atoms with Crippen LogP contribution in [0.3, 0.4) is 0 Å². The number of hydrogen-bond donors (Lipinski definition) is 1. The number of non-ortho nitro benzene ring substituents is 1. The van der Waals surface area contributed by atoms with E-state index in [-0.39, 0.29) is 5.69 Å². The number of anilines is 1. The maximum atomic E-state index is 10.5. The minimum Gasteiger partial charge on any atom is -0.278 e. The van der Waals surface area contributed by atoms with Crippen molar-refractivity contribution in [1.29, 1.82) is 0 Å². The van der Waals surface area contributed by atoms with E-state index in [0.29, 0.717) is 0 Å². The largest absolute Gasteiger partial charge is 0.278 e. The number of nitrogens with zero attached hydrogens (tertiary/aromatic N) is 2. The minimum atomic E-state index is -0.422. The fourth-order valence-electron chi connectivity index (χ4n) is 1.67. The highest BCUT2D eigenvalue weighted by Crippen LogP contribution is 2.14. The van der Waals surface area contributed by atoms with Gasteiger partial charge in [0, 0.05) is 12.1 Å². The Kier molecular flexibility index (Phi) is 4.10. The lowest BCUT2D eigenvalue weighted by atomic mass is 10.1. The Morgan fingerprint density at radius 2 is 1.80 bits per heavy atom. The lowest BCUT2D eigenvalue weighted by Crippen LogP contribution is -1.93. The number of nitrogens with one attached hydrogen (secondary N) is 1. The molecule has 0 saturated carbocycles. The molecule has 0 unspecified atom stereocenters. The second kappa shape index (κ2) is 5.97. The zero-order chi connectivity index (χ0) is 14.5. The van der Waals surface area contributed by atoms with Crippen molar-refractivity contribution in [3.63, 3.8) is 0 Å². The maximum Gasteiger partial charge on any atom is 0.269 e. The summed E-state index contributed by atoms with van der Waals surface area (Å²) in [6.07, 6.45) is 1.62. The predicted octanol–water partition coefficient (Wildman–Crippen LogP) is 3.66. The molecule has 5 nitrogen and oxygen atoms in total. The monoisotopic (exact) mass is 269 g/mol. The Morgan fingerprint density at radius 3 is 2.40 bits per heavy atom. The summed E-state index contributed by atoms with van der Waals surface area (Å²) < 4.78 is 0. The van der Waals surface area contributed by atoms with Crippen molar-refractivity contribution in [2.75, 3.05) is 5.43 Å². The molecule has 2 rings (SSSR count). The molecule has 2 aromatic carbocycles. The average molecular weight is 269 g/mol. The fourth-order valence-corrected chi connectivity index (χ4v) is 1.67. The summed E-state index contributed by atoms with van der Waals surface area (Å²) in [5.74, 6) is 0. The summed E-state index contributed by atoms with van der Waals surface area (Å²) >= 11 is 0. The standard InChI is InChI=1S/C15H15N3O2/c1-11-3-6-14(9-12(11)2)17-16-10-13-4-7-15(8-5-13)18(19)20/h3-10,17H,1-2H3/b16-10+. The van der Waals surface area contributed by atoms with E-state index < -0.39 is 4.92 Å². The molecule has 0 amide bonds. The third-order valence-electron chi connectivity index (χ3n) is 3.02. The van der Waals surface area contributed by atoms with Gasteiger partial charge in [0.15, 0.2) is 0 Å². The molecular formula is C15H15N3O2. The Hall–Kier alpha value is -2.69. The molecule has 0 aliphatic carbocycles. The molecule has 0 aliphatic heterocycles. The fraction of sp³-hybridized carbons (Fsp3) is 0.133. The Bertz CT molecular complexity index is 649. The smallest absolute Gasteiger partial charge is 0.269 e. The van der Waals surface area contributed by atoms with Crippen molar-refractivity contribution in [2.45, 2.75) is 13.8 Å². The van der Waals surface area contributed by atoms with Gasteiger partial charge in [-0.2, -0.15) is 5.10 Å². The van der Waals surface area contributed by atoms with Crippen molar-refractivity contribution in [3.8, 4) is 0 Å². The van der Waals surface area contributed by atoms with Gasteiger partial charge < -0.3 is 0 Å². The van der Waals surface area contributed by atoms with Gasteiger partial charge in [-0.15, -0.1) is 0 Å². The highest BCUT2D eigenvalue weighted by atomic mass is 16.6. The molecule has 1 N–H and O–H groups in total. The molecule has 0 fully saturated rings. The van der Waals surface area contributed by atoms with Crippen LogP contribution < -0.4 is 5.43 Å². The number of hydrazone groups is 1. The molecule has 0 aromatic heterocycles. The molecule has 0 bridgehead atoms. The summed E-state index contributed by atoms with van der Waals surface area (Å²) in [4.78, 5) is 10.1. The van der Waals surface area contributed by atoms with Gasteiger partial charge in [-0.1, -0.05) is 6.07 Å². The van der Waals surface area contributed by atoms with E-state index in [2.05, 4.69) is 17.5 Å². The van der Waals surface area contributed by atoms with Crippen LogP contribution in [0.2, 0.25) is 0 Å². The molecule has 0 heterocycles. The number of nitro groups is 1. The molecule has 2 aromatic rings. The predicted molar refractivity (Wildman–Crippen MR) is 80.2 cm³/mol.